The number of halogens is 2. The van der Waals surface area contributed by atoms with E-state index < -0.39 is 29.3 Å². The van der Waals surface area contributed by atoms with Gasteiger partial charge in [-0.1, -0.05) is 0 Å². The van der Waals surface area contributed by atoms with Crippen molar-refractivity contribution in [2.75, 3.05) is 0 Å². The van der Waals surface area contributed by atoms with Crippen LogP contribution < -0.4 is 28.1 Å². The van der Waals surface area contributed by atoms with Crippen LogP contribution >= 0.6 is 0 Å². The van der Waals surface area contributed by atoms with Crippen LogP contribution in [-0.2, 0) is 27.7 Å². The fourth-order valence-electron chi connectivity index (χ4n) is 5.64. The van der Waals surface area contributed by atoms with Crippen LogP contribution in [0, 0.1) is 5.92 Å². The summed E-state index contributed by atoms with van der Waals surface area (Å²) in [6, 6.07) is 16.4. The van der Waals surface area contributed by atoms with Crippen LogP contribution in [0.2, 0.25) is 19.6 Å². The van der Waals surface area contributed by atoms with E-state index in [-0.39, 0.29) is 24.8 Å². The number of hydrogen-bond donors (Lipinski definition) is 0. The van der Waals surface area contributed by atoms with Gasteiger partial charge in [0.15, 0.2) is 0 Å². The SMILES string of the molecule is CC1C=C([Si](C)(C)C)C=[C]1[Zr+2](=[C]1CCCCC1)[c]1cccc2c1Cc1ccccc1-2.[Cl-].[Cl-]. The Labute approximate surface area is 215 Å². The molecule has 0 radical (unpaired) electrons. The van der Waals surface area contributed by atoms with Crippen molar-refractivity contribution >= 4 is 14.6 Å². The molecule has 5 rings (SSSR count). The van der Waals surface area contributed by atoms with Crippen LogP contribution in [0.5, 0.6) is 0 Å². The Kier molecular flexibility index (Phi) is 8.47. The molecule has 3 aliphatic carbocycles. The van der Waals surface area contributed by atoms with Gasteiger partial charge < -0.3 is 24.8 Å². The zero-order valence-corrected chi connectivity index (χ0v) is 24.7. The van der Waals surface area contributed by atoms with Gasteiger partial charge in [0.25, 0.3) is 0 Å². The van der Waals surface area contributed by atoms with Crippen LogP contribution in [0.1, 0.15) is 50.2 Å². The van der Waals surface area contributed by atoms with E-state index in [4.69, 9.17) is 0 Å². The van der Waals surface area contributed by atoms with E-state index in [0.717, 1.165) is 6.42 Å². The van der Waals surface area contributed by atoms with Gasteiger partial charge in [-0.05, 0) is 0 Å². The van der Waals surface area contributed by atoms with Gasteiger partial charge in [0.1, 0.15) is 0 Å². The molecule has 0 aliphatic heterocycles. The molecule has 0 saturated heterocycles. The van der Waals surface area contributed by atoms with Crippen molar-refractivity contribution in [2.45, 2.75) is 65.1 Å². The van der Waals surface area contributed by atoms with E-state index >= 15 is 0 Å². The maximum absolute atomic E-state index is 2.72. The van der Waals surface area contributed by atoms with Crippen molar-refractivity contribution in [3.05, 3.63) is 74.2 Å². The zero-order valence-electron chi connectivity index (χ0n) is 19.8. The number of allylic oxidation sites excluding steroid dienone is 4. The van der Waals surface area contributed by atoms with Crippen LogP contribution in [0.4, 0.5) is 0 Å². The minimum Gasteiger partial charge on any atom is -1.00 e. The second kappa shape index (κ2) is 10.4. The van der Waals surface area contributed by atoms with E-state index in [2.05, 4.69) is 81.2 Å². The first-order chi connectivity index (χ1) is 14.4. The van der Waals surface area contributed by atoms with Crippen molar-refractivity contribution in [3.8, 4) is 11.1 Å². The van der Waals surface area contributed by atoms with Crippen molar-refractivity contribution in [1.82, 2.24) is 0 Å². The van der Waals surface area contributed by atoms with Gasteiger partial charge in [0, 0.05) is 0 Å². The molecule has 0 bridgehead atoms. The first-order valence-corrected chi connectivity index (χ1v) is 19.0. The Hall–Kier alpha value is -0.530. The summed E-state index contributed by atoms with van der Waals surface area (Å²) in [4.78, 5) is 0. The summed E-state index contributed by atoms with van der Waals surface area (Å²) < 4.78 is 5.67. The molecule has 1 fully saturated rings. The van der Waals surface area contributed by atoms with Gasteiger partial charge >= 0.3 is 192 Å². The minimum atomic E-state index is -2.08. The van der Waals surface area contributed by atoms with Crippen molar-refractivity contribution in [3.63, 3.8) is 0 Å². The standard InChI is InChI=1S/C13H9.C9H15Si.C6H10.2ClH.Zr/c1-3-7-12-10(5-1)9-11-6-2-4-8-13(11)12;1-8-5-6-9(7-8)10(2,3)4;1-2-4-6-5-3-1;;;/h1-5,7-8H,9H2;6-8H,1-4H3;1-5H2;2*1H;/q;;;;;+2/p-2. The normalized spacial score (nSPS) is 19.0. The van der Waals surface area contributed by atoms with Crippen LogP contribution in [-0.4, -0.2) is 11.3 Å². The van der Waals surface area contributed by atoms with E-state index in [1.165, 1.54) is 48.8 Å². The fraction of sp³-hybridized carbons (Fsp3) is 0.393. The first-order valence-electron chi connectivity index (χ1n) is 11.8. The van der Waals surface area contributed by atoms with Gasteiger partial charge in [0.05, 0.1) is 0 Å². The largest absolute Gasteiger partial charge is 1.00 e. The Bertz CT molecular complexity index is 1100. The van der Waals surface area contributed by atoms with Gasteiger partial charge in [-0.25, -0.2) is 0 Å². The maximum Gasteiger partial charge on any atom is -1.00 e. The molecule has 0 nitrogen and oxygen atoms in total. The monoisotopic (exact) mass is 558 g/mol. The molecular formula is C28H34Cl2SiZr. The van der Waals surface area contributed by atoms with Crippen LogP contribution in [0.3, 0.4) is 0 Å². The molecule has 3 aliphatic rings. The molecule has 1 unspecified atom stereocenters. The smallest absolute Gasteiger partial charge is 1.00 e. The van der Waals surface area contributed by atoms with Gasteiger partial charge in [-0.15, -0.1) is 0 Å². The van der Waals surface area contributed by atoms with E-state index in [0.29, 0.717) is 5.92 Å². The maximum atomic E-state index is 2.72. The number of hydrogen-bond acceptors (Lipinski definition) is 0. The quantitative estimate of drug-likeness (QED) is 0.420. The average molecular weight is 561 g/mol. The predicted molar refractivity (Wildman–Crippen MR) is 131 cm³/mol. The zero-order chi connectivity index (χ0) is 20.9. The van der Waals surface area contributed by atoms with Crippen molar-refractivity contribution < 1.29 is 46.1 Å². The molecule has 0 amide bonds. The summed E-state index contributed by atoms with van der Waals surface area (Å²) in [5.74, 6) is 0.648. The summed E-state index contributed by atoms with van der Waals surface area (Å²) in [6.45, 7) is 10.0. The molecule has 0 N–H and O–H groups in total. The third-order valence-electron chi connectivity index (χ3n) is 7.32. The molecule has 0 spiro atoms. The molecule has 1 atom stereocenters. The predicted octanol–water partition coefficient (Wildman–Crippen LogP) is 0.983. The summed E-state index contributed by atoms with van der Waals surface area (Å²) in [7, 11) is -1.27. The topological polar surface area (TPSA) is 0 Å². The second-order valence-electron chi connectivity index (χ2n) is 10.5. The Morgan fingerprint density at radius 1 is 0.844 bits per heavy atom. The fourth-order valence-corrected chi connectivity index (χ4v) is 16.1. The van der Waals surface area contributed by atoms with Crippen molar-refractivity contribution in [2.24, 2.45) is 5.92 Å². The van der Waals surface area contributed by atoms with Crippen LogP contribution in [0.25, 0.3) is 11.1 Å². The molecule has 32 heavy (non-hydrogen) atoms. The van der Waals surface area contributed by atoms with Crippen LogP contribution in [0.15, 0.2) is 63.1 Å². The Balaban J connectivity index is 0.00000144. The second-order valence-corrected chi connectivity index (χ2v) is 21.9. The van der Waals surface area contributed by atoms with E-state index in [1.807, 2.05) is 6.49 Å². The third kappa shape index (κ3) is 4.81. The summed E-state index contributed by atoms with van der Waals surface area (Å²) in [6.07, 6.45) is 13.6. The van der Waals surface area contributed by atoms with E-state index in [1.54, 1.807) is 14.0 Å². The third-order valence-corrected chi connectivity index (χ3v) is 17.7. The molecule has 4 heteroatoms. The van der Waals surface area contributed by atoms with Gasteiger partial charge in [0.2, 0.25) is 0 Å². The number of benzene rings is 2. The molecule has 2 aromatic carbocycles. The average Bonchev–Trinajstić information content (AvgIpc) is 3.31. The summed E-state index contributed by atoms with van der Waals surface area (Å²) >= 11 is -2.08. The summed E-state index contributed by atoms with van der Waals surface area (Å²) in [5, 5.41) is 1.70. The molecule has 0 heterocycles. The number of rotatable bonds is 3. The molecular weight excluding hydrogens is 527 g/mol. The van der Waals surface area contributed by atoms with Crippen molar-refractivity contribution in [1.29, 1.82) is 0 Å². The molecule has 1 saturated carbocycles. The Morgan fingerprint density at radius 2 is 1.53 bits per heavy atom. The molecule has 0 aromatic heterocycles. The van der Waals surface area contributed by atoms with E-state index in [9.17, 15) is 0 Å². The molecule has 168 valence electrons. The number of fused-ring (bicyclic) bond motifs is 3. The Morgan fingerprint density at radius 3 is 2.22 bits per heavy atom. The van der Waals surface area contributed by atoms with Gasteiger partial charge in [-0.3, -0.25) is 0 Å². The summed E-state index contributed by atoms with van der Waals surface area (Å²) in [5.41, 5.74) is 6.23. The molecule has 2 aromatic rings. The van der Waals surface area contributed by atoms with Gasteiger partial charge in [-0.2, -0.15) is 0 Å². The minimum absolute atomic E-state index is 0. The first kappa shape index (κ1) is 26.1.